The molecule has 2 aliphatic rings. The van der Waals surface area contributed by atoms with E-state index >= 15 is 0 Å². The second-order valence-electron chi connectivity index (χ2n) is 4.42. The highest BCUT2D eigenvalue weighted by Crippen LogP contribution is 2.31. The summed E-state index contributed by atoms with van der Waals surface area (Å²) < 4.78 is 0. The minimum atomic E-state index is 0.691. The number of nitrogens with zero attached hydrogens (tertiary/aromatic N) is 1. The van der Waals surface area contributed by atoms with Crippen molar-refractivity contribution in [2.24, 2.45) is 0 Å². The summed E-state index contributed by atoms with van der Waals surface area (Å²) in [4.78, 5) is 2.36. The van der Waals surface area contributed by atoms with Gasteiger partial charge in [-0.25, -0.2) is 0 Å². The number of rotatable bonds is 2. The van der Waals surface area contributed by atoms with Gasteiger partial charge in [-0.2, -0.15) is 11.8 Å². The van der Waals surface area contributed by atoms with E-state index in [1.165, 1.54) is 32.1 Å². The first-order chi connectivity index (χ1) is 6.81. The van der Waals surface area contributed by atoms with Crippen LogP contribution in [-0.4, -0.2) is 34.8 Å². The number of likely N-dealkylation sites (tertiary alicyclic amines) is 1. The normalized spacial score (nSPS) is 33.8. The first-order valence-corrected chi connectivity index (χ1v) is 6.97. The van der Waals surface area contributed by atoms with E-state index in [9.17, 15) is 0 Å². The zero-order valence-corrected chi connectivity index (χ0v) is 9.78. The van der Waals surface area contributed by atoms with Crippen molar-refractivity contribution in [2.75, 3.05) is 12.8 Å². The minimum Gasteiger partial charge on any atom is -0.358 e. The molecular formula is C11H20N2S. The lowest BCUT2D eigenvalue weighted by molar-refractivity contribution is 0.262. The quantitative estimate of drug-likeness (QED) is 0.762. The van der Waals surface area contributed by atoms with E-state index in [0.717, 1.165) is 24.1 Å². The molecule has 3 heteroatoms. The van der Waals surface area contributed by atoms with E-state index in [-0.39, 0.29) is 0 Å². The van der Waals surface area contributed by atoms with Crippen LogP contribution in [-0.2, 0) is 0 Å². The Bertz CT molecular complexity index is 217. The SMILES string of the molecule is CSC1CCCC(N2CCCC2=N)C1. The summed E-state index contributed by atoms with van der Waals surface area (Å²) in [5.74, 6) is 0.900. The molecule has 0 amide bonds. The lowest BCUT2D eigenvalue weighted by Gasteiger charge is -2.35. The van der Waals surface area contributed by atoms with Crippen LogP contribution in [0.1, 0.15) is 38.5 Å². The Kier molecular flexibility index (Phi) is 3.37. The number of amidine groups is 1. The van der Waals surface area contributed by atoms with E-state index in [4.69, 9.17) is 5.41 Å². The molecule has 0 aromatic carbocycles. The summed E-state index contributed by atoms with van der Waals surface area (Å²) in [6.45, 7) is 1.14. The summed E-state index contributed by atoms with van der Waals surface area (Å²) in [7, 11) is 0. The molecule has 2 unspecified atom stereocenters. The van der Waals surface area contributed by atoms with Gasteiger partial charge >= 0.3 is 0 Å². The van der Waals surface area contributed by atoms with Gasteiger partial charge in [0.05, 0.1) is 5.84 Å². The van der Waals surface area contributed by atoms with Crippen molar-refractivity contribution in [2.45, 2.75) is 49.8 Å². The third-order valence-corrected chi connectivity index (χ3v) is 4.63. The van der Waals surface area contributed by atoms with E-state index < -0.39 is 0 Å². The molecule has 80 valence electrons. The molecule has 1 aliphatic carbocycles. The van der Waals surface area contributed by atoms with Crippen LogP contribution in [0.3, 0.4) is 0 Å². The maximum absolute atomic E-state index is 7.88. The second kappa shape index (κ2) is 4.56. The van der Waals surface area contributed by atoms with E-state index in [1.54, 1.807) is 0 Å². The lowest BCUT2D eigenvalue weighted by Crippen LogP contribution is -2.39. The van der Waals surface area contributed by atoms with Gasteiger partial charge < -0.3 is 4.90 Å². The van der Waals surface area contributed by atoms with Gasteiger partial charge in [0.1, 0.15) is 0 Å². The first-order valence-electron chi connectivity index (χ1n) is 5.68. The zero-order valence-electron chi connectivity index (χ0n) is 8.96. The fourth-order valence-electron chi connectivity index (χ4n) is 2.72. The monoisotopic (exact) mass is 212 g/mol. The van der Waals surface area contributed by atoms with Crippen LogP contribution in [0.15, 0.2) is 0 Å². The standard InChI is InChI=1S/C11H20N2S/c1-14-10-5-2-4-9(8-10)13-7-3-6-11(13)12/h9-10,12H,2-8H2,1H3. The average molecular weight is 212 g/mol. The van der Waals surface area contributed by atoms with Crippen molar-refractivity contribution in [3.05, 3.63) is 0 Å². The van der Waals surface area contributed by atoms with Crippen LogP contribution in [0.25, 0.3) is 0 Å². The van der Waals surface area contributed by atoms with Crippen LogP contribution in [0.4, 0.5) is 0 Å². The van der Waals surface area contributed by atoms with Crippen molar-refractivity contribution >= 4 is 17.6 Å². The summed E-state index contributed by atoms with van der Waals surface area (Å²) >= 11 is 2.01. The van der Waals surface area contributed by atoms with Crippen LogP contribution < -0.4 is 0 Å². The van der Waals surface area contributed by atoms with Crippen molar-refractivity contribution < 1.29 is 0 Å². The van der Waals surface area contributed by atoms with Gasteiger partial charge in [-0.1, -0.05) is 6.42 Å². The molecule has 1 aliphatic heterocycles. The van der Waals surface area contributed by atoms with Gasteiger partial charge in [-0.3, -0.25) is 5.41 Å². The van der Waals surface area contributed by atoms with Gasteiger partial charge in [-0.15, -0.1) is 0 Å². The molecule has 1 heterocycles. The molecule has 2 rings (SSSR count). The van der Waals surface area contributed by atoms with Crippen LogP contribution in [0.2, 0.25) is 0 Å². The Morgan fingerprint density at radius 3 is 2.86 bits per heavy atom. The molecule has 1 N–H and O–H groups in total. The van der Waals surface area contributed by atoms with Gasteiger partial charge in [0.25, 0.3) is 0 Å². The number of thioether (sulfide) groups is 1. The Hall–Kier alpha value is -0.180. The highest BCUT2D eigenvalue weighted by molar-refractivity contribution is 7.99. The maximum Gasteiger partial charge on any atom is 0.0960 e. The predicted octanol–water partition coefficient (Wildman–Crippen LogP) is 2.73. The van der Waals surface area contributed by atoms with Crippen LogP contribution in [0.5, 0.6) is 0 Å². The summed E-state index contributed by atoms with van der Waals surface area (Å²) in [6, 6.07) is 0.691. The molecule has 1 saturated heterocycles. The molecule has 0 aromatic heterocycles. The van der Waals surface area contributed by atoms with Crippen molar-refractivity contribution in [3.8, 4) is 0 Å². The fraction of sp³-hybridized carbons (Fsp3) is 0.909. The number of hydrogen-bond donors (Lipinski definition) is 1. The van der Waals surface area contributed by atoms with Crippen LogP contribution in [0, 0.1) is 5.41 Å². The van der Waals surface area contributed by atoms with Gasteiger partial charge in [0, 0.05) is 24.3 Å². The molecule has 2 nitrogen and oxygen atoms in total. The highest BCUT2D eigenvalue weighted by atomic mass is 32.2. The summed E-state index contributed by atoms with van der Waals surface area (Å²) in [5, 5.41) is 8.73. The second-order valence-corrected chi connectivity index (χ2v) is 5.56. The number of hydrogen-bond acceptors (Lipinski definition) is 2. The van der Waals surface area contributed by atoms with Gasteiger partial charge in [-0.05, 0) is 31.9 Å². The van der Waals surface area contributed by atoms with Gasteiger partial charge in [0.2, 0.25) is 0 Å². The van der Waals surface area contributed by atoms with Crippen molar-refractivity contribution in [3.63, 3.8) is 0 Å². The van der Waals surface area contributed by atoms with E-state index in [2.05, 4.69) is 11.2 Å². The molecule has 0 spiro atoms. The van der Waals surface area contributed by atoms with Crippen molar-refractivity contribution in [1.29, 1.82) is 5.41 Å². The molecule has 0 bridgehead atoms. The summed E-state index contributed by atoms with van der Waals surface area (Å²) in [6.07, 6.45) is 9.82. The lowest BCUT2D eigenvalue weighted by atomic mass is 9.94. The summed E-state index contributed by atoms with van der Waals surface area (Å²) in [5.41, 5.74) is 0. The molecular weight excluding hydrogens is 192 g/mol. The van der Waals surface area contributed by atoms with E-state index in [0.29, 0.717) is 6.04 Å². The maximum atomic E-state index is 7.88. The Morgan fingerprint density at radius 1 is 1.36 bits per heavy atom. The Labute approximate surface area is 90.9 Å². The zero-order chi connectivity index (χ0) is 9.97. The first kappa shape index (κ1) is 10.3. The van der Waals surface area contributed by atoms with Crippen molar-refractivity contribution in [1.82, 2.24) is 4.90 Å². The minimum absolute atomic E-state index is 0.691. The molecule has 1 saturated carbocycles. The smallest absolute Gasteiger partial charge is 0.0960 e. The third kappa shape index (κ3) is 2.08. The molecule has 0 aromatic rings. The van der Waals surface area contributed by atoms with Gasteiger partial charge in [0.15, 0.2) is 0 Å². The number of nitrogens with one attached hydrogen (secondary N) is 1. The molecule has 0 radical (unpaired) electrons. The fourth-order valence-corrected chi connectivity index (χ4v) is 3.53. The topological polar surface area (TPSA) is 27.1 Å². The largest absolute Gasteiger partial charge is 0.358 e. The Morgan fingerprint density at radius 2 is 2.21 bits per heavy atom. The Balaban J connectivity index is 1.93. The molecule has 2 atom stereocenters. The third-order valence-electron chi connectivity index (χ3n) is 3.53. The van der Waals surface area contributed by atoms with E-state index in [1.807, 2.05) is 11.8 Å². The predicted molar refractivity (Wildman–Crippen MR) is 63.2 cm³/mol. The average Bonchev–Trinajstić information content (AvgIpc) is 2.65. The van der Waals surface area contributed by atoms with Crippen LogP contribution >= 0.6 is 11.8 Å². The highest BCUT2D eigenvalue weighted by Gasteiger charge is 2.29. The molecule has 2 fully saturated rings. The molecule has 14 heavy (non-hydrogen) atoms.